The summed E-state index contributed by atoms with van der Waals surface area (Å²) in [6.07, 6.45) is 0.845. The molecule has 138 valence electrons. The lowest BCUT2D eigenvalue weighted by Gasteiger charge is -2.35. The highest BCUT2D eigenvalue weighted by Gasteiger charge is 2.29. The van der Waals surface area contributed by atoms with E-state index in [0.29, 0.717) is 30.4 Å². The van der Waals surface area contributed by atoms with E-state index in [1.165, 1.54) is 11.3 Å². The molecule has 1 aromatic carbocycles. The Bertz CT molecular complexity index is 1090. The number of fused-ring (bicyclic) bond motifs is 1. The zero-order valence-electron chi connectivity index (χ0n) is 14.4. The van der Waals surface area contributed by atoms with Gasteiger partial charge in [0.05, 0.1) is 11.0 Å². The van der Waals surface area contributed by atoms with Crippen LogP contribution in [0.15, 0.2) is 39.3 Å². The number of anilines is 1. The van der Waals surface area contributed by atoms with Gasteiger partial charge in [-0.3, -0.25) is 0 Å². The molecule has 26 heavy (non-hydrogen) atoms. The van der Waals surface area contributed by atoms with Crippen molar-refractivity contribution >= 4 is 38.1 Å². The van der Waals surface area contributed by atoms with Gasteiger partial charge in [-0.15, -0.1) is 11.3 Å². The SMILES string of the molecule is CCc1ccc(S(=O)(=O)N2CCN(c3ccc4[nH]c(=O)[nH]c4c3)CC2)s1. The molecule has 0 unspecified atom stereocenters. The van der Waals surface area contributed by atoms with E-state index in [2.05, 4.69) is 14.9 Å². The van der Waals surface area contributed by atoms with Crippen molar-refractivity contribution in [3.8, 4) is 0 Å². The number of sulfonamides is 1. The smallest absolute Gasteiger partial charge is 0.323 e. The summed E-state index contributed by atoms with van der Waals surface area (Å²) < 4.78 is 27.6. The second kappa shape index (κ2) is 6.57. The molecule has 0 spiro atoms. The van der Waals surface area contributed by atoms with E-state index in [1.807, 2.05) is 31.2 Å². The molecule has 0 bridgehead atoms. The third kappa shape index (κ3) is 3.06. The summed E-state index contributed by atoms with van der Waals surface area (Å²) in [5, 5.41) is 0. The molecule has 0 amide bonds. The number of thiophene rings is 1. The summed E-state index contributed by atoms with van der Waals surface area (Å²) in [6, 6.07) is 9.33. The number of imidazole rings is 1. The number of nitrogens with zero attached hydrogens (tertiary/aromatic N) is 2. The lowest BCUT2D eigenvalue weighted by molar-refractivity contribution is 0.386. The lowest BCUT2D eigenvalue weighted by Crippen LogP contribution is -2.48. The minimum atomic E-state index is -3.42. The Balaban J connectivity index is 1.49. The number of rotatable bonds is 4. The second-order valence-electron chi connectivity index (χ2n) is 6.27. The van der Waals surface area contributed by atoms with E-state index >= 15 is 0 Å². The van der Waals surface area contributed by atoms with Crippen molar-refractivity contribution in [2.24, 2.45) is 0 Å². The van der Waals surface area contributed by atoms with Gasteiger partial charge in [-0.2, -0.15) is 4.31 Å². The van der Waals surface area contributed by atoms with Gasteiger partial charge in [0.15, 0.2) is 0 Å². The number of aromatic amines is 2. The maximum atomic E-state index is 12.8. The van der Waals surface area contributed by atoms with Crippen LogP contribution in [-0.4, -0.2) is 48.9 Å². The van der Waals surface area contributed by atoms with Crippen LogP contribution in [0.2, 0.25) is 0 Å². The average Bonchev–Trinajstić information content (AvgIpc) is 3.27. The van der Waals surface area contributed by atoms with Crippen LogP contribution in [0.3, 0.4) is 0 Å². The molecule has 3 aromatic rings. The van der Waals surface area contributed by atoms with Crippen LogP contribution in [0.5, 0.6) is 0 Å². The number of aromatic nitrogens is 2. The van der Waals surface area contributed by atoms with E-state index in [1.54, 1.807) is 10.4 Å². The van der Waals surface area contributed by atoms with Crippen molar-refractivity contribution in [3.63, 3.8) is 0 Å². The molecule has 1 saturated heterocycles. The predicted octanol–water partition coefficient (Wildman–Crippen LogP) is 1.99. The molecular weight excluding hydrogens is 372 g/mol. The molecule has 4 rings (SSSR count). The Morgan fingerprint density at radius 1 is 1.04 bits per heavy atom. The summed E-state index contributed by atoms with van der Waals surface area (Å²) >= 11 is 1.35. The number of nitrogens with one attached hydrogen (secondary N) is 2. The van der Waals surface area contributed by atoms with Crippen molar-refractivity contribution in [2.75, 3.05) is 31.1 Å². The van der Waals surface area contributed by atoms with Gasteiger partial charge in [0.1, 0.15) is 4.21 Å². The van der Waals surface area contributed by atoms with Crippen molar-refractivity contribution < 1.29 is 8.42 Å². The van der Waals surface area contributed by atoms with Crippen LogP contribution in [-0.2, 0) is 16.4 Å². The molecule has 0 aliphatic carbocycles. The Morgan fingerprint density at radius 2 is 1.77 bits per heavy atom. The largest absolute Gasteiger partial charge is 0.369 e. The summed E-state index contributed by atoms with van der Waals surface area (Å²) in [7, 11) is -3.42. The topological polar surface area (TPSA) is 89.3 Å². The molecule has 7 nitrogen and oxygen atoms in total. The van der Waals surface area contributed by atoms with Crippen LogP contribution in [0.1, 0.15) is 11.8 Å². The minimum absolute atomic E-state index is 0.226. The number of piperazine rings is 1. The molecule has 0 saturated carbocycles. The molecule has 9 heteroatoms. The van der Waals surface area contributed by atoms with Gasteiger partial charge in [0, 0.05) is 36.7 Å². The first-order chi connectivity index (χ1) is 12.5. The van der Waals surface area contributed by atoms with Crippen LogP contribution < -0.4 is 10.6 Å². The molecule has 2 N–H and O–H groups in total. The van der Waals surface area contributed by atoms with E-state index in [4.69, 9.17) is 0 Å². The third-order valence-electron chi connectivity index (χ3n) is 4.68. The molecule has 1 aliphatic rings. The van der Waals surface area contributed by atoms with E-state index in [-0.39, 0.29) is 5.69 Å². The molecule has 1 fully saturated rings. The van der Waals surface area contributed by atoms with E-state index < -0.39 is 10.0 Å². The van der Waals surface area contributed by atoms with Gasteiger partial charge in [0.2, 0.25) is 0 Å². The molecule has 0 radical (unpaired) electrons. The molecule has 0 atom stereocenters. The van der Waals surface area contributed by atoms with Gasteiger partial charge in [-0.25, -0.2) is 13.2 Å². The quantitative estimate of drug-likeness (QED) is 0.711. The minimum Gasteiger partial charge on any atom is -0.369 e. The third-order valence-corrected chi connectivity index (χ3v) is 8.28. The van der Waals surface area contributed by atoms with Gasteiger partial charge >= 0.3 is 5.69 Å². The number of H-pyrrole nitrogens is 2. The van der Waals surface area contributed by atoms with Crippen LogP contribution in [0, 0.1) is 0 Å². The van der Waals surface area contributed by atoms with Crippen LogP contribution in [0.25, 0.3) is 11.0 Å². The Morgan fingerprint density at radius 3 is 2.46 bits per heavy atom. The Labute approximate surface area is 155 Å². The zero-order chi connectivity index (χ0) is 18.3. The first kappa shape index (κ1) is 17.3. The van der Waals surface area contributed by atoms with Gasteiger partial charge in [0.25, 0.3) is 10.0 Å². The maximum absolute atomic E-state index is 12.8. The summed E-state index contributed by atoms with van der Waals surface area (Å²) in [4.78, 5) is 20.1. The fourth-order valence-corrected chi connectivity index (χ4v) is 6.09. The number of aryl methyl sites for hydroxylation is 1. The van der Waals surface area contributed by atoms with Gasteiger partial charge in [-0.05, 0) is 36.8 Å². The summed E-state index contributed by atoms with van der Waals surface area (Å²) in [5.74, 6) is 0. The Hall–Kier alpha value is -2.10. The van der Waals surface area contributed by atoms with Crippen LogP contribution in [0.4, 0.5) is 5.69 Å². The Kier molecular flexibility index (Phi) is 4.37. The zero-order valence-corrected chi connectivity index (χ0v) is 16.0. The summed E-state index contributed by atoms with van der Waals surface area (Å²) in [6.45, 7) is 4.15. The normalized spacial score (nSPS) is 16.4. The number of hydrogen-bond acceptors (Lipinski definition) is 5. The van der Waals surface area contributed by atoms with Gasteiger partial charge in [-0.1, -0.05) is 6.92 Å². The number of benzene rings is 1. The van der Waals surface area contributed by atoms with E-state index in [9.17, 15) is 13.2 Å². The molecule has 3 heterocycles. The highest BCUT2D eigenvalue weighted by Crippen LogP contribution is 2.27. The van der Waals surface area contributed by atoms with E-state index in [0.717, 1.165) is 28.0 Å². The van der Waals surface area contributed by atoms with Crippen molar-refractivity contribution in [3.05, 3.63) is 45.7 Å². The fourth-order valence-electron chi connectivity index (χ4n) is 3.22. The maximum Gasteiger partial charge on any atom is 0.323 e. The molecule has 2 aromatic heterocycles. The van der Waals surface area contributed by atoms with Crippen molar-refractivity contribution in [1.82, 2.24) is 14.3 Å². The standard InChI is InChI=1S/C17H20N4O3S2/c1-2-13-4-6-16(25-13)26(23,24)21-9-7-20(8-10-21)12-3-5-14-15(11-12)19-17(22)18-14/h3-6,11H,2,7-10H2,1H3,(H2,18,19,22). The first-order valence-corrected chi connectivity index (χ1v) is 10.8. The highest BCUT2D eigenvalue weighted by atomic mass is 32.2. The average molecular weight is 393 g/mol. The fraction of sp³-hybridized carbons (Fsp3) is 0.353. The highest BCUT2D eigenvalue weighted by molar-refractivity contribution is 7.91. The molecule has 1 aliphatic heterocycles. The first-order valence-electron chi connectivity index (χ1n) is 8.53. The number of hydrogen-bond donors (Lipinski definition) is 2. The predicted molar refractivity (Wildman–Crippen MR) is 104 cm³/mol. The van der Waals surface area contributed by atoms with Gasteiger partial charge < -0.3 is 14.9 Å². The lowest BCUT2D eigenvalue weighted by atomic mass is 10.2. The van der Waals surface area contributed by atoms with Crippen molar-refractivity contribution in [1.29, 1.82) is 0 Å². The van der Waals surface area contributed by atoms with Crippen LogP contribution >= 0.6 is 11.3 Å². The second-order valence-corrected chi connectivity index (χ2v) is 9.61. The van der Waals surface area contributed by atoms with Crippen molar-refractivity contribution in [2.45, 2.75) is 17.6 Å². The monoisotopic (exact) mass is 392 g/mol. The summed E-state index contributed by atoms with van der Waals surface area (Å²) in [5.41, 5.74) is 2.28. The molecular formula is C17H20N4O3S2.